The summed E-state index contributed by atoms with van der Waals surface area (Å²) < 4.78 is 28.0. The van der Waals surface area contributed by atoms with Gasteiger partial charge in [-0.25, -0.2) is 8.42 Å². The molecule has 0 heterocycles. The molecule has 6 nitrogen and oxygen atoms in total. The molecule has 0 bridgehead atoms. The van der Waals surface area contributed by atoms with Gasteiger partial charge in [0.25, 0.3) is 0 Å². The number of sulfonamides is 1. The fourth-order valence-corrected chi connectivity index (χ4v) is 4.20. The molecule has 0 saturated carbocycles. The normalized spacial score (nSPS) is 14.8. The molecule has 2 aromatic rings. The minimum absolute atomic E-state index is 0.0553. The standard InChI is InChI=1S/C22H30N2O4S/c1-5-17(3)24(15-19-9-7-6-8-10-19)22(26)21(18(4)25)23-29(27,28)20-13-11-16(2)12-14-20/h6-14,17-18,21,23,25H,5,15H2,1-4H3. The number of hydrogen-bond acceptors (Lipinski definition) is 4. The quantitative estimate of drug-likeness (QED) is 0.656. The van der Waals surface area contributed by atoms with Crippen molar-refractivity contribution in [1.82, 2.24) is 9.62 Å². The van der Waals surface area contributed by atoms with E-state index in [4.69, 9.17) is 0 Å². The third-order valence-corrected chi connectivity index (χ3v) is 6.42. The topological polar surface area (TPSA) is 86.7 Å². The van der Waals surface area contributed by atoms with Crippen molar-refractivity contribution < 1.29 is 18.3 Å². The third-order valence-electron chi connectivity index (χ3n) is 4.96. The molecule has 1 amide bonds. The number of aliphatic hydroxyl groups is 1. The van der Waals surface area contributed by atoms with Crippen molar-refractivity contribution in [2.45, 2.75) is 63.7 Å². The summed E-state index contributed by atoms with van der Waals surface area (Å²) >= 11 is 0. The smallest absolute Gasteiger partial charge is 0.243 e. The number of nitrogens with zero attached hydrogens (tertiary/aromatic N) is 1. The predicted molar refractivity (Wildman–Crippen MR) is 114 cm³/mol. The maximum atomic E-state index is 13.3. The average molecular weight is 419 g/mol. The summed E-state index contributed by atoms with van der Waals surface area (Å²) in [7, 11) is -3.96. The molecule has 3 atom stereocenters. The van der Waals surface area contributed by atoms with E-state index in [1.165, 1.54) is 19.1 Å². The van der Waals surface area contributed by atoms with Crippen molar-refractivity contribution in [3.8, 4) is 0 Å². The Labute approximate surface area is 173 Å². The molecule has 0 aliphatic carbocycles. The first-order valence-electron chi connectivity index (χ1n) is 9.77. The molecule has 0 spiro atoms. The first-order valence-corrected chi connectivity index (χ1v) is 11.3. The molecule has 7 heteroatoms. The second kappa shape index (κ2) is 10.0. The number of amides is 1. The number of carbonyl (C=O) groups excluding carboxylic acids is 1. The van der Waals surface area contributed by atoms with Crippen molar-refractivity contribution in [2.24, 2.45) is 0 Å². The molecular formula is C22H30N2O4S. The number of hydrogen-bond donors (Lipinski definition) is 2. The van der Waals surface area contributed by atoms with Gasteiger partial charge in [-0.15, -0.1) is 0 Å². The van der Waals surface area contributed by atoms with Gasteiger partial charge in [0.05, 0.1) is 11.0 Å². The highest BCUT2D eigenvalue weighted by atomic mass is 32.2. The summed E-state index contributed by atoms with van der Waals surface area (Å²) in [5, 5.41) is 10.2. The summed E-state index contributed by atoms with van der Waals surface area (Å²) in [5.41, 5.74) is 1.87. The van der Waals surface area contributed by atoms with Gasteiger partial charge in [-0.2, -0.15) is 4.72 Å². The van der Waals surface area contributed by atoms with Crippen molar-refractivity contribution >= 4 is 15.9 Å². The Morgan fingerprint density at radius 1 is 1.07 bits per heavy atom. The first kappa shape index (κ1) is 23.1. The van der Waals surface area contributed by atoms with Crippen LogP contribution in [0.4, 0.5) is 0 Å². The molecule has 0 saturated heterocycles. The summed E-state index contributed by atoms with van der Waals surface area (Å²) in [6, 6.07) is 14.5. The lowest BCUT2D eigenvalue weighted by Gasteiger charge is -2.33. The second-order valence-electron chi connectivity index (χ2n) is 7.36. The lowest BCUT2D eigenvalue weighted by molar-refractivity contribution is -0.138. The second-order valence-corrected chi connectivity index (χ2v) is 9.08. The van der Waals surface area contributed by atoms with Gasteiger partial charge in [-0.05, 0) is 44.9 Å². The van der Waals surface area contributed by atoms with E-state index in [1.54, 1.807) is 17.0 Å². The molecule has 29 heavy (non-hydrogen) atoms. The molecule has 0 aliphatic rings. The molecular weight excluding hydrogens is 388 g/mol. The van der Waals surface area contributed by atoms with E-state index in [9.17, 15) is 18.3 Å². The van der Waals surface area contributed by atoms with Gasteiger partial charge in [-0.1, -0.05) is 55.0 Å². The number of aliphatic hydroxyl groups excluding tert-OH is 1. The zero-order valence-corrected chi connectivity index (χ0v) is 18.2. The molecule has 2 aromatic carbocycles. The van der Waals surface area contributed by atoms with Crippen molar-refractivity contribution in [1.29, 1.82) is 0 Å². The Balaban J connectivity index is 2.30. The van der Waals surface area contributed by atoms with Gasteiger partial charge in [0.1, 0.15) is 6.04 Å². The molecule has 2 N–H and O–H groups in total. The van der Waals surface area contributed by atoms with Crippen LogP contribution in [-0.2, 0) is 21.4 Å². The van der Waals surface area contributed by atoms with Gasteiger partial charge < -0.3 is 10.0 Å². The number of rotatable bonds is 9. The molecule has 0 fully saturated rings. The summed E-state index contributed by atoms with van der Waals surface area (Å²) in [5.74, 6) is -0.450. The molecule has 0 aromatic heterocycles. The third kappa shape index (κ3) is 6.13. The van der Waals surface area contributed by atoms with Gasteiger partial charge >= 0.3 is 0 Å². The van der Waals surface area contributed by atoms with Crippen molar-refractivity contribution in [3.63, 3.8) is 0 Å². The number of benzene rings is 2. The zero-order chi connectivity index (χ0) is 21.6. The molecule has 158 valence electrons. The van der Waals surface area contributed by atoms with E-state index in [0.717, 1.165) is 11.1 Å². The monoisotopic (exact) mass is 418 g/mol. The predicted octanol–water partition coefficient (Wildman–Crippen LogP) is 2.85. The lowest BCUT2D eigenvalue weighted by Crippen LogP contribution is -2.55. The van der Waals surface area contributed by atoms with Crippen LogP contribution in [0.1, 0.15) is 38.3 Å². The van der Waals surface area contributed by atoms with Crippen molar-refractivity contribution in [3.05, 3.63) is 65.7 Å². The SMILES string of the molecule is CCC(C)N(Cc1ccccc1)C(=O)C(NS(=O)(=O)c1ccc(C)cc1)C(C)O. The van der Waals surface area contributed by atoms with Crippen LogP contribution in [-0.4, -0.2) is 42.5 Å². The van der Waals surface area contributed by atoms with E-state index in [-0.39, 0.29) is 10.9 Å². The number of nitrogens with one attached hydrogen (secondary N) is 1. The van der Waals surface area contributed by atoms with E-state index in [0.29, 0.717) is 13.0 Å². The molecule has 2 rings (SSSR count). The van der Waals surface area contributed by atoms with E-state index >= 15 is 0 Å². The Bertz CT molecular complexity index is 896. The van der Waals surface area contributed by atoms with Crippen LogP contribution >= 0.6 is 0 Å². The van der Waals surface area contributed by atoms with Crippen LogP contribution in [0.15, 0.2) is 59.5 Å². The van der Waals surface area contributed by atoms with E-state index < -0.39 is 28.1 Å². The fourth-order valence-electron chi connectivity index (χ4n) is 2.94. The molecule has 0 aliphatic heterocycles. The average Bonchev–Trinajstić information content (AvgIpc) is 2.70. The highest BCUT2D eigenvalue weighted by Gasteiger charge is 2.34. The van der Waals surface area contributed by atoms with Gasteiger partial charge in [0, 0.05) is 12.6 Å². The number of aryl methyl sites for hydroxylation is 1. The maximum absolute atomic E-state index is 13.3. The van der Waals surface area contributed by atoms with Gasteiger partial charge in [0.2, 0.25) is 15.9 Å². The van der Waals surface area contributed by atoms with Crippen LogP contribution in [0, 0.1) is 6.92 Å². The van der Waals surface area contributed by atoms with Gasteiger partial charge in [0.15, 0.2) is 0 Å². The van der Waals surface area contributed by atoms with Crippen molar-refractivity contribution in [2.75, 3.05) is 0 Å². The maximum Gasteiger partial charge on any atom is 0.243 e. The number of carbonyl (C=O) groups is 1. The van der Waals surface area contributed by atoms with Crippen LogP contribution < -0.4 is 4.72 Å². The Morgan fingerprint density at radius 2 is 1.66 bits per heavy atom. The summed E-state index contributed by atoms with van der Waals surface area (Å²) in [4.78, 5) is 15.0. The Morgan fingerprint density at radius 3 is 2.17 bits per heavy atom. The molecule has 3 unspecified atom stereocenters. The van der Waals surface area contributed by atoms with Crippen LogP contribution in [0.3, 0.4) is 0 Å². The fraction of sp³-hybridized carbons (Fsp3) is 0.409. The first-order chi connectivity index (χ1) is 13.7. The summed E-state index contributed by atoms with van der Waals surface area (Å²) in [6.07, 6.45) is -0.486. The highest BCUT2D eigenvalue weighted by molar-refractivity contribution is 7.89. The zero-order valence-electron chi connectivity index (χ0n) is 17.4. The van der Waals surface area contributed by atoms with E-state index in [2.05, 4.69) is 4.72 Å². The summed E-state index contributed by atoms with van der Waals surface area (Å²) in [6.45, 7) is 7.49. The highest BCUT2D eigenvalue weighted by Crippen LogP contribution is 2.16. The molecule has 0 radical (unpaired) electrons. The lowest BCUT2D eigenvalue weighted by atomic mass is 10.1. The van der Waals surface area contributed by atoms with Crippen LogP contribution in [0.25, 0.3) is 0 Å². The minimum atomic E-state index is -3.96. The van der Waals surface area contributed by atoms with Crippen LogP contribution in [0.5, 0.6) is 0 Å². The Hall–Kier alpha value is -2.22. The largest absolute Gasteiger partial charge is 0.391 e. The Kier molecular flexibility index (Phi) is 7.96. The van der Waals surface area contributed by atoms with Crippen LogP contribution in [0.2, 0.25) is 0 Å². The van der Waals surface area contributed by atoms with E-state index in [1.807, 2.05) is 51.1 Å². The van der Waals surface area contributed by atoms with Gasteiger partial charge in [-0.3, -0.25) is 4.79 Å². The minimum Gasteiger partial charge on any atom is -0.391 e.